The molecule has 1 atom stereocenters. The smallest absolute Gasteiger partial charge is 0.333 e. The molecule has 2 rings (SSSR count). The van der Waals surface area contributed by atoms with Crippen LogP contribution < -0.4 is 16.0 Å². The van der Waals surface area contributed by atoms with Gasteiger partial charge in [-0.05, 0) is 68.7 Å². The minimum absolute atomic E-state index is 0.0270. The van der Waals surface area contributed by atoms with E-state index in [1.54, 1.807) is 43.3 Å². The quantitative estimate of drug-likeness (QED) is 0.563. The highest BCUT2D eigenvalue weighted by atomic mass is 16.5. The topological polar surface area (TPSA) is 103 Å². The first kappa shape index (κ1) is 22.8. The van der Waals surface area contributed by atoms with Crippen molar-refractivity contribution in [2.45, 2.75) is 46.2 Å². The first-order chi connectivity index (χ1) is 14.4. The van der Waals surface area contributed by atoms with E-state index in [2.05, 4.69) is 22.0 Å². The van der Waals surface area contributed by atoms with Crippen molar-refractivity contribution in [3.63, 3.8) is 0 Å². The number of hydrogen-bond acceptors (Lipinski definition) is 5. The van der Waals surface area contributed by atoms with E-state index >= 15 is 0 Å². The number of anilines is 2. The summed E-state index contributed by atoms with van der Waals surface area (Å²) in [6.45, 7) is 7.79. The predicted octanol–water partition coefficient (Wildman–Crippen LogP) is 4.37. The summed E-state index contributed by atoms with van der Waals surface area (Å²) in [7, 11) is 0. The number of carbonyl (C=O) groups is 2. The number of hydrogen-bond donors (Lipinski definition) is 3. The Kier molecular flexibility index (Phi) is 8.24. The van der Waals surface area contributed by atoms with Crippen LogP contribution in [0.4, 0.5) is 16.2 Å². The molecular formula is C23H28N4O3. The largest absolute Gasteiger partial charge is 0.464 e. The van der Waals surface area contributed by atoms with Crippen LogP contribution in [0.5, 0.6) is 0 Å². The highest BCUT2D eigenvalue weighted by Crippen LogP contribution is 2.26. The SMILES string of the molecule is CCOC(=O)C(Nc1ccc(C#N)cc1)c1ccc(NC(=O)NC(C)C)c(CC)c1. The van der Waals surface area contributed by atoms with Crippen molar-refractivity contribution in [3.8, 4) is 6.07 Å². The average molecular weight is 409 g/mol. The van der Waals surface area contributed by atoms with Gasteiger partial charge < -0.3 is 20.7 Å². The van der Waals surface area contributed by atoms with Gasteiger partial charge in [0.15, 0.2) is 6.04 Å². The predicted molar refractivity (Wildman–Crippen MR) is 117 cm³/mol. The molecule has 2 aromatic carbocycles. The third-order valence-electron chi connectivity index (χ3n) is 4.36. The van der Waals surface area contributed by atoms with E-state index in [0.717, 1.165) is 11.1 Å². The van der Waals surface area contributed by atoms with Gasteiger partial charge in [0.1, 0.15) is 0 Å². The van der Waals surface area contributed by atoms with Crippen molar-refractivity contribution in [1.29, 1.82) is 5.26 Å². The summed E-state index contributed by atoms with van der Waals surface area (Å²) in [5.41, 5.74) is 3.56. The van der Waals surface area contributed by atoms with E-state index in [9.17, 15) is 9.59 Å². The summed E-state index contributed by atoms with van der Waals surface area (Å²) >= 11 is 0. The van der Waals surface area contributed by atoms with Crippen LogP contribution in [0.3, 0.4) is 0 Å². The van der Waals surface area contributed by atoms with Gasteiger partial charge in [-0.3, -0.25) is 0 Å². The fourth-order valence-corrected chi connectivity index (χ4v) is 2.94. The summed E-state index contributed by atoms with van der Waals surface area (Å²) in [6.07, 6.45) is 0.678. The molecule has 0 saturated carbocycles. The Hall–Kier alpha value is -3.53. The number of nitrogens with zero attached hydrogens (tertiary/aromatic N) is 1. The highest BCUT2D eigenvalue weighted by molar-refractivity contribution is 5.90. The molecule has 3 N–H and O–H groups in total. The van der Waals surface area contributed by atoms with E-state index in [-0.39, 0.29) is 18.7 Å². The van der Waals surface area contributed by atoms with Gasteiger partial charge in [0.2, 0.25) is 0 Å². The summed E-state index contributed by atoms with van der Waals surface area (Å²) in [5, 5.41) is 17.8. The maximum atomic E-state index is 12.6. The molecule has 0 aliphatic heterocycles. The molecule has 0 saturated heterocycles. The summed E-state index contributed by atoms with van der Waals surface area (Å²) in [6, 6.07) is 13.4. The van der Waals surface area contributed by atoms with Crippen molar-refractivity contribution in [1.82, 2.24) is 5.32 Å². The molecule has 0 bridgehead atoms. The summed E-state index contributed by atoms with van der Waals surface area (Å²) < 4.78 is 5.25. The van der Waals surface area contributed by atoms with Gasteiger partial charge in [0.05, 0.1) is 18.2 Å². The zero-order chi connectivity index (χ0) is 22.1. The fraction of sp³-hybridized carbons (Fsp3) is 0.348. The Morgan fingerprint density at radius 2 is 1.80 bits per heavy atom. The first-order valence-corrected chi connectivity index (χ1v) is 10.0. The molecule has 0 heterocycles. The van der Waals surface area contributed by atoms with E-state index in [4.69, 9.17) is 10.00 Å². The van der Waals surface area contributed by atoms with Crippen LogP contribution in [0, 0.1) is 11.3 Å². The average Bonchev–Trinajstić information content (AvgIpc) is 2.72. The van der Waals surface area contributed by atoms with Gasteiger partial charge in [0, 0.05) is 17.4 Å². The van der Waals surface area contributed by atoms with Crippen LogP contribution in [0.25, 0.3) is 0 Å². The fourth-order valence-electron chi connectivity index (χ4n) is 2.94. The molecule has 0 fully saturated rings. The molecule has 2 amide bonds. The van der Waals surface area contributed by atoms with Crippen molar-refractivity contribution in [3.05, 3.63) is 59.2 Å². The molecular weight excluding hydrogens is 380 g/mol. The second kappa shape index (κ2) is 10.9. The summed E-state index contributed by atoms with van der Waals surface area (Å²) in [5.74, 6) is -0.401. The zero-order valence-corrected chi connectivity index (χ0v) is 17.8. The molecule has 7 heteroatoms. The summed E-state index contributed by atoms with van der Waals surface area (Å²) in [4.78, 5) is 24.7. The minimum atomic E-state index is -0.721. The number of nitrogens with one attached hydrogen (secondary N) is 3. The lowest BCUT2D eigenvalue weighted by Gasteiger charge is -2.21. The van der Waals surface area contributed by atoms with E-state index in [0.29, 0.717) is 23.4 Å². The number of rotatable bonds is 8. The lowest BCUT2D eigenvalue weighted by atomic mass is 10.0. The number of carbonyl (C=O) groups excluding carboxylic acids is 2. The number of benzene rings is 2. The lowest BCUT2D eigenvalue weighted by Crippen LogP contribution is -2.34. The number of urea groups is 1. The molecule has 1 unspecified atom stereocenters. The van der Waals surface area contributed by atoms with Gasteiger partial charge in [-0.2, -0.15) is 5.26 Å². The highest BCUT2D eigenvalue weighted by Gasteiger charge is 2.23. The van der Waals surface area contributed by atoms with Crippen molar-refractivity contribution < 1.29 is 14.3 Å². The third-order valence-corrected chi connectivity index (χ3v) is 4.36. The van der Waals surface area contributed by atoms with Gasteiger partial charge in [-0.15, -0.1) is 0 Å². The normalized spacial score (nSPS) is 11.3. The third kappa shape index (κ3) is 6.24. The number of aryl methyl sites for hydroxylation is 1. The van der Waals surface area contributed by atoms with Crippen molar-refractivity contribution in [2.75, 3.05) is 17.2 Å². The molecule has 0 radical (unpaired) electrons. The molecule has 0 aliphatic rings. The monoisotopic (exact) mass is 408 g/mol. The first-order valence-electron chi connectivity index (χ1n) is 10.0. The molecule has 30 heavy (non-hydrogen) atoms. The minimum Gasteiger partial charge on any atom is -0.464 e. The van der Waals surface area contributed by atoms with Crippen LogP contribution >= 0.6 is 0 Å². The Labute approximate surface area is 177 Å². The molecule has 7 nitrogen and oxygen atoms in total. The molecule has 2 aromatic rings. The zero-order valence-electron chi connectivity index (χ0n) is 17.8. The Morgan fingerprint density at radius 1 is 1.10 bits per heavy atom. The second-order valence-corrected chi connectivity index (χ2v) is 7.04. The van der Waals surface area contributed by atoms with Crippen LogP contribution in [0.2, 0.25) is 0 Å². The number of esters is 1. The molecule has 0 aliphatic carbocycles. The Bertz CT molecular complexity index is 917. The molecule has 158 valence electrons. The molecule has 0 spiro atoms. The Morgan fingerprint density at radius 3 is 2.37 bits per heavy atom. The molecule has 0 aromatic heterocycles. The number of ether oxygens (including phenoxy) is 1. The maximum Gasteiger partial charge on any atom is 0.333 e. The van der Waals surface area contributed by atoms with Crippen LogP contribution in [0.15, 0.2) is 42.5 Å². The standard InChI is InChI=1S/C23H28N4O3/c1-5-17-13-18(9-12-20(17)27-23(29)25-15(3)4)21(22(28)30-6-2)26-19-10-7-16(14-24)8-11-19/h7-13,15,21,26H,5-6H2,1-4H3,(H2,25,27,29). The number of nitriles is 1. The Balaban J connectivity index is 2.31. The van der Waals surface area contributed by atoms with E-state index in [1.807, 2.05) is 26.8 Å². The van der Waals surface area contributed by atoms with E-state index < -0.39 is 12.0 Å². The van der Waals surface area contributed by atoms with Gasteiger partial charge in [-0.1, -0.05) is 19.1 Å². The van der Waals surface area contributed by atoms with Gasteiger partial charge in [0.25, 0.3) is 0 Å². The number of amides is 2. The van der Waals surface area contributed by atoms with Crippen LogP contribution in [-0.4, -0.2) is 24.6 Å². The maximum absolute atomic E-state index is 12.6. The van der Waals surface area contributed by atoms with Gasteiger partial charge >= 0.3 is 12.0 Å². The van der Waals surface area contributed by atoms with E-state index in [1.165, 1.54) is 0 Å². The van der Waals surface area contributed by atoms with Crippen molar-refractivity contribution in [2.24, 2.45) is 0 Å². The van der Waals surface area contributed by atoms with Crippen LogP contribution in [-0.2, 0) is 16.0 Å². The lowest BCUT2D eigenvalue weighted by molar-refractivity contribution is -0.144. The van der Waals surface area contributed by atoms with Gasteiger partial charge in [-0.25, -0.2) is 9.59 Å². The second-order valence-electron chi connectivity index (χ2n) is 7.04. The van der Waals surface area contributed by atoms with Crippen LogP contribution in [0.1, 0.15) is 50.4 Å². The van der Waals surface area contributed by atoms with Crippen molar-refractivity contribution >= 4 is 23.4 Å².